The van der Waals surface area contributed by atoms with Gasteiger partial charge in [0.1, 0.15) is 6.04 Å². The second kappa shape index (κ2) is 4.92. The van der Waals surface area contributed by atoms with Crippen molar-refractivity contribution in [1.29, 1.82) is 0 Å². The van der Waals surface area contributed by atoms with Crippen LogP contribution >= 0.6 is 0 Å². The average Bonchev–Trinajstić information content (AvgIpc) is 2.95. The number of aromatic nitrogens is 1. The first kappa shape index (κ1) is 12.6. The molecule has 3 rings (SSSR count). The Kier molecular flexibility index (Phi) is 3.10. The lowest BCUT2D eigenvalue weighted by atomic mass is 10.1. The fraction of sp³-hybridized carbons (Fsp3) is 0.267. The van der Waals surface area contributed by atoms with E-state index in [1.165, 1.54) is 4.90 Å². The van der Waals surface area contributed by atoms with E-state index in [4.69, 9.17) is 5.11 Å². The average molecular weight is 270 g/mol. The smallest absolute Gasteiger partial charge is 0.326 e. The molecule has 0 radical (unpaired) electrons. The number of carbonyl (C=O) groups excluding carboxylic acids is 1. The number of amides is 1. The molecule has 2 aromatic rings. The van der Waals surface area contributed by atoms with Crippen molar-refractivity contribution in [2.24, 2.45) is 0 Å². The van der Waals surface area contributed by atoms with Gasteiger partial charge in [-0.15, -0.1) is 0 Å². The van der Waals surface area contributed by atoms with Crippen LogP contribution < -0.4 is 0 Å². The van der Waals surface area contributed by atoms with Crippen LogP contribution in [0.5, 0.6) is 0 Å². The molecule has 0 bridgehead atoms. The minimum absolute atomic E-state index is 0.222. The van der Waals surface area contributed by atoms with E-state index < -0.39 is 12.0 Å². The van der Waals surface area contributed by atoms with Crippen molar-refractivity contribution in [3.63, 3.8) is 0 Å². The van der Waals surface area contributed by atoms with E-state index in [0.717, 1.165) is 17.3 Å². The molecule has 1 fully saturated rings. The van der Waals surface area contributed by atoms with Gasteiger partial charge >= 0.3 is 5.97 Å². The van der Waals surface area contributed by atoms with Crippen LogP contribution in [0.15, 0.2) is 36.5 Å². The Balaban J connectivity index is 1.94. The minimum Gasteiger partial charge on any atom is -0.480 e. The van der Waals surface area contributed by atoms with Gasteiger partial charge in [0.05, 0.1) is 5.52 Å². The number of carbonyl (C=O) groups is 2. The van der Waals surface area contributed by atoms with Crippen LogP contribution in [0.1, 0.15) is 23.2 Å². The molecule has 5 nitrogen and oxygen atoms in total. The number of hydrogen-bond acceptors (Lipinski definition) is 3. The van der Waals surface area contributed by atoms with Gasteiger partial charge in [-0.25, -0.2) is 4.79 Å². The number of likely N-dealkylation sites (tertiary alicyclic amines) is 1. The second-order valence-corrected chi connectivity index (χ2v) is 4.91. The molecule has 0 aliphatic carbocycles. The molecule has 1 amide bonds. The van der Waals surface area contributed by atoms with Crippen molar-refractivity contribution >= 4 is 22.8 Å². The zero-order valence-electron chi connectivity index (χ0n) is 10.8. The van der Waals surface area contributed by atoms with Crippen molar-refractivity contribution in [3.05, 3.63) is 42.1 Å². The van der Waals surface area contributed by atoms with Crippen molar-refractivity contribution < 1.29 is 14.7 Å². The Morgan fingerprint density at radius 3 is 2.95 bits per heavy atom. The summed E-state index contributed by atoms with van der Waals surface area (Å²) in [4.78, 5) is 29.3. The maximum atomic E-state index is 12.4. The summed E-state index contributed by atoms with van der Waals surface area (Å²) in [5.41, 5.74) is 1.33. The first-order valence-electron chi connectivity index (χ1n) is 6.55. The first-order chi connectivity index (χ1) is 9.66. The molecule has 0 saturated carbocycles. The maximum Gasteiger partial charge on any atom is 0.326 e. The number of aliphatic carboxylic acids is 1. The normalized spacial score (nSPS) is 18.4. The van der Waals surface area contributed by atoms with Crippen LogP contribution in [0.2, 0.25) is 0 Å². The zero-order chi connectivity index (χ0) is 14.1. The van der Waals surface area contributed by atoms with Gasteiger partial charge in [-0.1, -0.05) is 6.07 Å². The second-order valence-electron chi connectivity index (χ2n) is 4.91. The summed E-state index contributed by atoms with van der Waals surface area (Å²) in [7, 11) is 0. The van der Waals surface area contributed by atoms with Crippen LogP contribution in [-0.4, -0.2) is 39.5 Å². The third-order valence-electron chi connectivity index (χ3n) is 3.65. The Bertz CT molecular complexity index is 684. The van der Waals surface area contributed by atoms with Crippen molar-refractivity contribution in [1.82, 2.24) is 9.88 Å². The fourth-order valence-electron chi connectivity index (χ4n) is 2.64. The molecule has 0 spiro atoms. The van der Waals surface area contributed by atoms with Crippen LogP contribution in [0, 0.1) is 0 Å². The number of hydrogen-bond donors (Lipinski definition) is 1. The first-order valence-corrected chi connectivity index (χ1v) is 6.55. The van der Waals surface area contributed by atoms with Gasteiger partial charge in [0.25, 0.3) is 5.91 Å². The van der Waals surface area contributed by atoms with Crippen LogP contribution in [-0.2, 0) is 4.79 Å². The standard InChI is InChI=1S/C15H14N2O3/c18-14(17-8-2-4-13(17)15(19)20)11-5-6-12-10(9-11)3-1-7-16-12/h1,3,5-7,9,13H,2,4,8H2,(H,19,20). The Morgan fingerprint density at radius 1 is 1.30 bits per heavy atom. The molecule has 2 heterocycles. The molecule has 1 aromatic heterocycles. The van der Waals surface area contributed by atoms with E-state index in [-0.39, 0.29) is 5.91 Å². The van der Waals surface area contributed by atoms with E-state index in [9.17, 15) is 9.59 Å². The molecule has 1 N–H and O–H groups in total. The third-order valence-corrected chi connectivity index (χ3v) is 3.65. The topological polar surface area (TPSA) is 70.5 Å². The summed E-state index contributed by atoms with van der Waals surface area (Å²) in [6.45, 7) is 0.501. The largest absolute Gasteiger partial charge is 0.480 e. The zero-order valence-corrected chi connectivity index (χ0v) is 10.8. The summed E-state index contributed by atoms with van der Waals surface area (Å²) in [5.74, 6) is -1.15. The lowest BCUT2D eigenvalue weighted by molar-refractivity contribution is -0.141. The lowest BCUT2D eigenvalue weighted by Crippen LogP contribution is -2.40. The van der Waals surface area contributed by atoms with Crippen molar-refractivity contribution in [3.8, 4) is 0 Å². The maximum absolute atomic E-state index is 12.4. The van der Waals surface area contributed by atoms with Gasteiger partial charge in [-0.3, -0.25) is 9.78 Å². The van der Waals surface area contributed by atoms with E-state index in [1.54, 1.807) is 24.4 Å². The number of rotatable bonds is 2. The number of carboxylic acid groups (broad SMARTS) is 1. The SMILES string of the molecule is O=C(O)C1CCCN1C(=O)c1ccc2ncccc2c1. The van der Waals surface area contributed by atoms with Crippen molar-refractivity contribution in [2.75, 3.05) is 6.54 Å². The number of carboxylic acids is 1. The predicted octanol–water partition coefficient (Wildman–Crippen LogP) is 1.92. The molecule has 1 saturated heterocycles. The monoisotopic (exact) mass is 270 g/mol. The predicted molar refractivity (Wildman–Crippen MR) is 73.4 cm³/mol. The molecule has 1 atom stereocenters. The molecule has 1 aliphatic rings. The van der Waals surface area contributed by atoms with Gasteiger partial charge < -0.3 is 10.0 Å². The molecule has 5 heteroatoms. The molecular formula is C15H14N2O3. The van der Waals surface area contributed by atoms with E-state index >= 15 is 0 Å². The van der Waals surface area contributed by atoms with Gasteiger partial charge in [-0.2, -0.15) is 0 Å². The molecule has 1 unspecified atom stereocenters. The van der Waals surface area contributed by atoms with Crippen LogP contribution in [0.4, 0.5) is 0 Å². The van der Waals surface area contributed by atoms with Gasteiger partial charge in [-0.05, 0) is 37.1 Å². The van der Waals surface area contributed by atoms with Gasteiger partial charge in [0, 0.05) is 23.7 Å². The number of benzene rings is 1. The highest BCUT2D eigenvalue weighted by Gasteiger charge is 2.34. The Morgan fingerprint density at radius 2 is 2.15 bits per heavy atom. The number of pyridine rings is 1. The molecular weight excluding hydrogens is 256 g/mol. The molecule has 20 heavy (non-hydrogen) atoms. The third kappa shape index (κ3) is 2.11. The molecule has 1 aliphatic heterocycles. The van der Waals surface area contributed by atoms with Crippen molar-refractivity contribution in [2.45, 2.75) is 18.9 Å². The van der Waals surface area contributed by atoms with E-state index in [1.807, 2.05) is 12.1 Å². The summed E-state index contributed by atoms with van der Waals surface area (Å²) < 4.78 is 0. The Labute approximate surface area is 115 Å². The highest BCUT2D eigenvalue weighted by Crippen LogP contribution is 2.22. The summed E-state index contributed by atoms with van der Waals surface area (Å²) in [5, 5.41) is 10.0. The Hall–Kier alpha value is -2.43. The molecule has 1 aromatic carbocycles. The highest BCUT2D eigenvalue weighted by atomic mass is 16.4. The van der Waals surface area contributed by atoms with E-state index in [0.29, 0.717) is 18.5 Å². The van der Waals surface area contributed by atoms with Crippen LogP contribution in [0.25, 0.3) is 10.9 Å². The quantitative estimate of drug-likeness (QED) is 0.905. The number of fused-ring (bicyclic) bond motifs is 1. The number of nitrogens with zero attached hydrogens (tertiary/aromatic N) is 2. The highest BCUT2D eigenvalue weighted by molar-refractivity contribution is 5.99. The van der Waals surface area contributed by atoms with Gasteiger partial charge in [0.2, 0.25) is 0 Å². The van der Waals surface area contributed by atoms with Crippen LogP contribution in [0.3, 0.4) is 0 Å². The lowest BCUT2D eigenvalue weighted by Gasteiger charge is -2.21. The molecule has 102 valence electrons. The summed E-state index contributed by atoms with van der Waals surface area (Å²) >= 11 is 0. The summed E-state index contributed by atoms with van der Waals surface area (Å²) in [6.07, 6.45) is 2.96. The minimum atomic E-state index is -0.932. The van der Waals surface area contributed by atoms with E-state index in [2.05, 4.69) is 4.98 Å². The van der Waals surface area contributed by atoms with Gasteiger partial charge in [0.15, 0.2) is 0 Å². The fourth-order valence-corrected chi connectivity index (χ4v) is 2.64. The summed E-state index contributed by atoms with van der Waals surface area (Å²) in [6, 6.07) is 8.25.